The van der Waals surface area contributed by atoms with Gasteiger partial charge in [-0.2, -0.15) is 9.97 Å². The topological polar surface area (TPSA) is 81.1 Å². The summed E-state index contributed by atoms with van der Waals surface area (Å²) >= 11 is 0. The molecule has 0 fully saturated rings. The molecule has 5 nitrogen and oxygen atoms in total. The Labute approximate surface area is 90.5 Å². The molecule has 0 spiro atoms. The second kappa shape index (κ2) is 4.82. The normalized spacial score (nSPS) is 12.5. The number of nitrogens with two attached hydrogens (primary N) is 2. The summed E-state index contributed by atoms with van der Waals surface area (Å²) in [4.78, 5) is 10.2. The quantitative estimate of drug-likeness (QED) is 0.780. The SMILES string of the molecule is CCC(C)N(CC)c1cc(N)nc(N)n1. The van der Waals surface area contributed by atoms with Gasteiger partial charge in [-0.15, -0.1) is 0 Å². The van der Waals surface area contributed by atoms with Crippen LogP contribution in [0.2, 0.25) is 0 Å². The van der Waals surface area contributed by atoms with Crippen molar-refractivity contribution in [2.24, 2.45) is 0 Å². The van der Waals surface area contributed by atoms with Crippen molar-refractivity contribution in [3.8, 4) is 0 Å². The summed E-state index contributed by atoms with van der Waals surface area (Å²) in [7, 11) is 0. The predicted molar refractivity (Wildman–Crippen MR) is 63.6 cm³/mol. The Balaban J connectivity index is 3.01. The second-order valence-electron chi connectivity index (χ2n) is 3.55. The van der Waals surface area contributed by atoms with Gasteiger partial charge in [-0.3, -0.25) is 0 Å². The third-order valence-corrected chi connectivity index (χ3v) is 2.51. The lowest BCUT2D eigenvalue weighted by Gasteiger charge is -2.28. The standard InChI is InChI=1S/C10H19N5/c1-4-7(3)15(5-2)9-6-8(11)13-10(12)14-9/h6-7H,4-5H2,1-3H3,(H4,11,12,13,14). The number of anilines is 3. The van der Waals surface area contributed by atoms with Crippen molar-refractivity contribution in [3.05, 3.63) is 6.07 Å². The van der Waals surface area contributed by atoms with Crippen LogP contribution in [-0.2, 0) is 0 Å². The molecule has 0 aliphatic carbocycles. The van der Waals surface area contributed by atoms with Crippen LogP contribution in [0.3, 0.4) is 0 Å². The van der Waals surface area contributed by atoms with Crippen molar-refractivity contribution in [2.45, 2.75) is 33.2 Å². The molecule has 1 heterocycles. The van der Waals surface area contributed by atoms with Gasteiger partial charge in [-0.05, 0) is 20.3 Å². The Hall–Kier alpha value is -1.52. The maximum atomic E-state index is 5.64. The molecule has 1 unspecified atom stereocenters. The number of hydrogen-bond acceptors (Lipinski definition) is 5. The van der Waals surface area contributed by atoms with Gasteiger partial charge in [0.05, 0.1) is 0 Å². The van der Waals surface area contributed by atoms with Gasteiger partial charge in [-0.1, -0.05) is 6.92 Å². The highest BCUT2D eigenvalue weighted by Gasteiger charge is 2.13. The summed E-state index contributed by atoms with van der Waals surface area (Å²) in [5, 5.41) is 0. The van der Waals surface area contributed by atoms with E-state index in [2.05, 4.69) is 35.6 Å². The molecule has 0 radical (unpaired) electrons. The van der Waals surface area contributed by atoms with Crippen LogP contribution in [0, 0.1) is 0 Å². The van der Waals surface area contributed by atoms with E-state index in [-0.39, 0.29) is 5.95 Å². The summed E-state index contributed by atoms with van der Waals surface area (Å²) in [5.74, 6) is 1.45. The molecule has 5 heteroatoms. The van der Waals surface area contributed by atoms with Gasteiger partial charge in [0.15, 0.2) is 0 Å². The summed E-state index contributed by atoms with van der Waals surface area (Å²) in [6.07, 6.45) is 1.05. The first-order valence-electron chi connectivity index (χ1n) is 5.25. The minimum absolute atomic E-state index is 0.228. The Kier molecular flexibility index (Phi) is 3.71. The molecule has 1 atom stereocenters. The van der Waals surface area contributed by atoms with Crippen molar-refractivity contribution in [2.75, 3.05) is 22.9 Å². The van der Waals surface area contributed by atoms with Crippen molar-refractivity contribution >= 4 is 17.6 Å². The first kappa shape index (κ1) is 11.6. The van der Waals surface area contributed by atoms with Crippen LogP contribution in [0.4, 0.5) is 17.6 Å². The van der Waals surface area contributed by atoms with E-state index < -0.39 is 0 Å². The molecule has 1 aromatic heterocycles. The van der Waals surface area contributed by atoms with E-state index in [1.807, 2.05) is 0 Å². The molecule has 1 rings (SSSR count). The molecule has 1 aromatic rings. The molecule has 0 aliphatic rings. The van der Waals surface area contributed by atoms with Crippen LogP contribution in [0.1, 0.15) is 27.2 Å². The van der Waals surface area contributed by atoms with Crippen LogP contribution in [0.25, 0.3) is 0 Å². The molecule has 84 valence electrons. The lowest BCUT2D eigenvalue weighted by molar-refractivity contribution is 0.623. The lowest BCUT2D eigenvalue weighted by atomic mass is 10.2. The zero-order chi connectivity index (χ0) is 11.4. The molecule has 0 aromatic carbocycles. The minimum Gasteiger partial charge on any atom is -0.383 e. The van der Waals surface area contributed by atoms with E-state index in [0.717, 1.165) is 18.8 Å². The number of rotatable bonds is 4. The summed E-state index contributed by atoms with van der Waals surface area (Å²) in [5.41, 5.74) is 11.2. The number of nitrogen functional groups attached to an aromatic ring is 2. The van der Waals surface area contributed by atoms with Crippen LogP contribution >= 0.6 is 0 Å². The second-order valence-corrected chi connectivity index (χ2v) is 3.55. The predicted octanol–water partition coefficient (Wildman–Crippen LogP) is 1.27. The molecule has 4 N–H and O–H groups in total. The highest BCUT2D eigenvalue weighted by atomic mass is 15.2. The molecule has 0 bridgehead atoms. The van der Waals surface area contributed by atoms with Crippen LogP contribution in [-0.4, -0.2) is 22.6 Å². The Morgan fingerprint density at radius 1 is 1.33 bits per heavy atom. The van der Waals surface area contributed by atoms with Gasteiger partial charge in [0.2, 0.25) is 5.95 Å². The molecular formula is C10H19N5. The molecule has 15 heavy (non-hydrogen) atoms. The average Bonchev–Trinajstić information content (AvgIpc) is 2.17. The molecule has 0 aliphatic heterocycles. The van der Waals surface area contributed by atoms with Crippen molar-refractivity contribution in [3.63, 3.8) is 0 Å². The number of nitrogens with zero attached hydrogens (tertiary/aromatic N) is 3. The van der Waals surface area contributed by atoms with Crippen molar-refractivity contribution in [1.29, 1.82) is 0 Å². The molecular weight excluding hydrogens is 190 g/mol. The highest BCUT2D eigenvalue weighted by Crippen LogP contribution is 2.18. The zero-order valence-electron chi connectivity index (χ0n) is 9.57. The van der Waals surface area contributed by atoms with E-state index in [9.17, 15) is 0 Å². The van der Waals surface area contributed by atoms with Crippen LogP contribution in [0.15, 0.2) is 6.07 Å². The van der Waals surface area contributed by atoms with Gasteiger partial charge in [0, 0.05) is 18.7 Å². The maximum Gasteiger partial charge on any atom is 0.223 e. The number of aromatic nitrogens is 2. The van der Waals surface area contributed by atoms with E-state index in [1.165, 1.54) is 0 Å². The Bertz CT molecular complexity index is 305. The Morgan fingerprint density at radius 2 is 2.00 bits per heavy atom. The van der Waals surface area contributed by atoms with Crippen LogP contribution < -0.4 is 16.4 Å². The third-order valence-electron chi connectivity index (χ3n) is 2.51. The van der Waals surface area contributed by atoms with E-state index in [4.69, 9.17) is 11.5 Å². The van der Waals surface area contributed by atoms with E-state index in [1.54, 1.807) is 6.07 Å². The molecule has 0 saturated carbocycles. The fourth-order valence-electron chi connectivity index (χ4n) is 1.54. The van der Waals surface area contributed by atoms with E-state index in [0.29, 0.717) is 11.9 Å². The van der Waals surface area contributed by atoms with Crippen LogP contribution in [0.5, 0.6) is 0 Å². The van der Waals surface area contributed by atoms with Gasteiger partial charge < -0.3 is 16.4 Å². The fraction of sp³-hybridized carbons (Fsp3) is 0.600. The first-order valence-corrected chi connectivity index (χ1v) is 5.25. The summed E-state index contributed by atoms with van der Waals surface area (Å²) in [6.45, 7) is 7.25. The lowest BCUT2D eigenvalue weighted by Crippen LogP contribution is -2.33. The molecule has 0 amide bonds. The minimum atomic E-state index is 0.228. The fourth-order valence-corrected chi connectivity index (χ4v) is 1.54. The monoisotopic (exact) mass is 209 g/mol. The summed E-state index contributed by atoms with van der Waals surface area (Å²) in [6, 6.07) is 2.18. The van der Waals surface area contributed by atoms with Crippen molar-refractivity contribution in [1.82, 2.24) is 9.97 Å². The van der Waals surface area contributed by atoms with Crippen molar-refractivity contribution < 1.29 is 0 Å². The zero-order valence-corrected chi connectivity index (χ0v) is 9.57. The number of hydrogen-bond donors (Lipinski definition) is 2. The maximum absolute atomic E-state index is 5.64. The first-order chi connectivity index (χ1) is 7.08. The van der Waals surface area contributed by atoms with Gasteiger partial charge in [0.1, 0.15) is 11.6 Å². The van der Waals surface area contributed by atoms with Gasteiger partial charge in [0.25, 0.3) is 0 Å². The third kappa shape index (κ3) is 2.71. The summed E-state index contributed by atoms with van der Waals surface area (Å²) < 4.78 is 0. The average molecular weight is 209 g/mol. The van der Waals surface area contributed by atoms with Gasteiger partial charge >= 0.3 is 0 Å². The van der Waals surface area contributed by atoms with E-state index >= 15 is 0 Å². The molecule has 0 saturated heterocycles. The largest absolute Gasteiger partial charge is 0.383 e. The smallest absolute Gasteiger partial charge is 0.223 e. The van der Waals surface area contributed by atoms with Gasteiger partial charge in [-0.25, -0.2) is 0 Å². The highest BCUT2D eigenvalue weighted by molar-refractivity contribution is 5.50. The Morgan fingerprint density at radius 3 is 2.47 bits per heavy atom.